The van der Waals surface area contributed by atoms with Crippen molar-refractivity contribution in [3.63, 3.8) is 0 Å². The molecular weight excluding hydrogens is 981 g/mol. The number of imidazole rings is 2. The van der Waals surface area contributed by atoms with Crippen LogP contribution in [-0.4, -0.2) is 136 Å². The summed E-state index contributed by atoms with van der Waals surface area (Å²) in [7, 11) is 0. The van der Waals surface area contributed by atoms with Crippen molar-refractivity contribution in [3.8, 4) is 0 Å². The molecule has 0 aromatic carbocycles. The number of aromatic nitrogens is 8. The van der Waals surface area contributed by atoms with Crippen LogP contribution in [0, 0.1) is 13.8 Å². The van der Waals surface area contributed by atoms with Gasteiger partial charge in [-0.05, 0) is 141 Å². The van der Waals surface area contributed by atoms with E-state index in [1.165, 1.54) is 0 Å². The van der Waals surface area contributed by atoms with Gasteiger partial charge in [0.1, 0.15) is 28.0 Å². The number of likely N-dealkylation sites (tertiary alicyclic amines) is 2. The highest BCUT2D eigenvalue weighted by Gasteiger charge is 2.33. The van der Waals surface area contributed by atoms with E-state index in [4.69, 9.17) is 36.9 Å². The second-order valence-corrected chi connectivity index (χ2v) is 20.0. The van der Waals surface area contributed by atoms with Crippen LogP contribution in [0.5, 0.6) is 0 Å². The molecule has 23 heteroatoms. The van der Waals surface area contributed by atoms with Crippen molar-refractivity contribution in [3.05, 3.63) is 112 Å². The molecule has 0 bridgehead atoms. The maximum Gasteiger partial charge on any atom is 0.446 e. The quantitative estimate of drug-likeness (QED) is 0.138. The maximum absolute atomic E-state index is 13.2. The Hall–Kier alpha value is -6.78. The first-order valence-electron chi connectivity index (χ1n) is 24.8. The second kappa shape index (κ2) is 24.5. The summed E-state index contributed by atoms with van der Waals surface area (Å²) in [6.45, 7) is 14.4. The average Bonchev–Trinajstić information content (AvgIpc) is 4.21. The number of nitrogens with one attached hydrogen (secondary N) is 2. The van der Waals surface area contributed by atoms with Gasteiger partial charge in [0.05, 0.1) is 35.9 Å². The monoisotopic (exact) mass is 1040 g/mol. The average molecular weight is 1050 g/mol. The Morgan fingerprint density at radius 3 is 1.76 bits per heavy atom. The molecule has 4 aliphatic rings. The predicted octanol–water partition coefficient (Wildman–Crippen LogP) is 7.41. The molecule has 6 aromatic rings. The molecule has 10 rings (SSSR count). The number of aldehydes is 1. The van der Waals surface area contributed by atoms with Crippen molar-refractivity contribution in [2.75, 3.05) is 44.2 Å². The molecule has 10 heterocycles. The maximum atomic E-state index is 13.2. The second-order valence-electron chi connectivity index (χ2n) is 19.6. The van der Waals surface area contributed by atoms with Gasteiger partial charge in [0.25, 0.3) is 11.8 Å². The number of anilines is 1. The molecule has 74 heavy (non-hydrogen) atoms. The Balaban J connectivity index is 0.000000163. The zero-order valence-electron chi connectivity index (χ0n) is 42.3. The number of aryl methyl sites for hydroxylation is 2. The number of ether oxygens (including phenoxy) is 1. The number of fused-ring (bicyclic) bond motifs is 2. The van der Waals surface area contributed by atoms with Gasteiger partial charge in [-0.1, -0.05) is 23.7 Å². The zero-order valence-corrected chi connectivity index (χ0v) is 43.0. The predicted molar refractivity (Wildman–Crippen MR) is 272 cm³/mol. The lowest BCUT2D eigenvalue weighted by Gasteiger charge is -2.34. The van der Waals surface area contributed by atoms with E-state index in [0.717, 1.165) is 124 Å². The van der Waals surface area contributed by atoms with E-state index in [9.17, 15) is 27.6 Å². The molecule has 4 fully saturated rings. The lowest BCUT2D eigenvalue weighted by molar-refractivity contribution is -0.156. The molecule has 4 aliphatic heterocycles. The molecule has 0 spiro atoms. The van der Waals surface area contributed by atoms with E-state index in [1.807, 2.05) is 104 Å². The van der Waals surface area contributed by atoms with Crippen LogP contribution in [-0.2, 0) is 9.53 Å². The van der Waals surface area contributed by atoms with Crippen molar-refractivity contribution in [1.82, 2.24) is 59.6 Å². The number of nitrogens with zero attached hydrogens (tertiary/aromatic N) is 11. The van der Waals surface area contributed by atoms with Gasteiger partial charge in [0, 0.05) is 56.2 Å². The number of amides is 3. The Labute approximate surface area is 432 Å². The molecule has 4 atom stereocenters. The molecule has 396 valence electrons. The number of alkyl halides is 3. The van der Waals surface area contributed by atoms with Crippen LogP contribution in [0.2, 0.25) is 5.15 Å². The van der Waals surface area contributed by atoms with Gasteiger partial charge in [-0.3, -0.25) is 14.4 Å². The van der Waals surface area contributed by atoms with Crippen molar-refractivity contribution >= 4 is 52.9 Å². The van der Waals surface area contributed by atoms with Crippen LogP contribution < -0.4 is 21.3 Å². The lowest BCUT2D eigenvalue weighted by atomic mass is 9.99. The van der Waals surface area contributed by atoms with Crippen molar-refractivity contribution in [2.24, 2.45) is 5.73 Å². The minimum atomic E-state index is -4.64. The highest BCUT2D eigenvalue weighted by Crippen LogP contribution is 2.33. The van der Waals surface area contributed by atoms with Crippen LogP contribution >= 0.6 is 11.6 Å². The number of nitrogens with two attached hydrogens (primary N) is 1. The van der Waals surface area contributed by atoms with Gasteiger partial charge in [-0.2, -0.15) is 18.3 Å². The number of carbonyl (C=O) groups excluding carboxylic acids is 4. The summed E-state index contributed by atoms with van der Waals surface area (Å²) in [5.41, 5.74) is 11.6. The number of hydrogen-bond donors (Lipinski definition) is 3. The van der Waals surface area contributed by atoms with E-state index in [-0.39, 0.29) is 42.1 Å². The summed E-state index contributed by atoms with van der Waals surface area (Å²) in [5.74, 6) is 0.844. The summed E-state index contributed by atoms with van der Waals surface area (Å²) in [6, 6.07) is 19.0. The third kappa shape index (κ3) is 15.2. The number of rotatable bonds is 6. The number of halogens is 4. The molecule has 4 saturated heterocycles. The molecule has 6 aromatic heterocycles. The SMILES string of the molecule is CC(C)(C)OC(=O)N[C@H]1CCNC1.Cc1cccc(C(=O)N2CCCC[C@H]2c2cn3nc(Cl)ccc3n2)n1.Cc1cccc(C(=O)N2CCCC[C@H]2c2cn3nc(N4CC[C@H](N)C4)ccc3n2)n1.O=CC(F)(F)F. The van der Waals surface area contributed by atoms with Crippen LogP contribution in [0.1, 0.15) is 128 Å². The Bertz CT molecular complexity index is 2890. The fourth-order valence-electron chi connectivity index (χ4n) is 9.09. The van der Waals surface area contributed by atoms with Gasteiger partial charge in [-0.25, -0.2) is 33.8 Å². The van der Waals surface area contributed by atoms with Crippen LogP contribution in [0.15, 0.2) is 73.1 Å². The third-order valence-electron chi connectivity index (χ3n) is 12.5. The fourth-order valence-corrected chi connectivity index (χ4v) is 9.23. The number of pyridine rings is 2. The van der Waals surface area contributed by atoms with E-state index >= 15 is 0 Å². The number of carbonyl (C=O) groups is 4. The van der Waals surface area contributed by atoms with E-state index in [2.05, 4.69) is 35.6 Å². The lowest BCUT2D eigenvalue weighted by Crippen LogP contribution is -2.40. The first kappa shape index (κ1) is 55.0. The van der Waals surface area contributed by atoms with E-state index in [1.54, 1.807) is 22.7 Å². The molecule has 0 unspecified atom stereocenters. The summed E-state index contributed by atoms with van der Waals surface area (Å²) in [6.07, 6.45) is 5.70. The van der Waals surface area contributed by atoms with Crippen molar-refractivity contribution in [2.45, 2.75) is 122 Å². The van der Waals surface area contributed by atoms with Crippen LogP contribution in [0.3, 0.4) is 0 Å². The highest BCUT2D eigenvalue weighted by atomic mass is 35.5. The molecule has 19 nitrogen and oxygen atoms in total. The van der Waals surface area contributed by atoms with E-state index < -0.39 is 18.1 Å². The molecular formula is C51H64ClF3N14O5. The van der Waals surface area contributed by atoms with Crippen molar-refractivity contribution < 1.29 is 37.1 Å². The first-order chi connectivity index (χ1) is 35.2. The summed E-state index contributed by atoms with van der Waals surface area (Å²) >= 11 is 5.96. The fraction of sp³-hybridized carbons (Fsp3) is 0.490. The van der Waals surface area contributed by atoms with Gasteiger partial charge < -0.3 is 35.8 Å². The summed E-state index contributed by atoms with van der Waals surface area (Å²) in [5, 5.41) is 15.4. The molecule has 4 N–H and O–H groups in total. The first-order valence-corrected chi connectivity index (χ1v) is 25.2. The third-order valence-corrected chi connectivity index (χ3v) is 12.7. The minimum absolute atomic E-state index is 0.0276. The Morgan fingerprint density at radius 2 is 1.28 bits per heavy atom. The Morgan fingerprint density at radius 1 is 0.743 bits per heavy atom. The van der Waals surface area contributed by atoms with Gasteiger partial charge in [0.2, 0.25) is 6.29 Å². The van der Waals surface area contributed by atoms with Gasteiger partial charge in [-0.15, -0.1) is 5.10 Å². The number of hydrogen-bond acceptors (Lipinski definition) is 14. The van der Waals surface area contributed by atoms with Crippen molar-refractivity contribution in [1.29, 1.82) is 0 Å². The zero-order chi connectivity index (χ0) is 53.2. The molecule has 0 aliphatic carbocycles. The molecule has 0 radical (unpaired) electrons. The number of alkyl carbamates (subject to hydrolysis) is 1. The standard InChI is InChI=1S/C22H27N7O.C18H18ClN5O.C9H18N2O2.C2HF3O/c1-15-5-4-6-17(24-15)22(30)28-11-3-2-7-19(28)18-14-29-20(25-18)8-9-21(26-29)27-12-10-16(23)13-27;1-12-5-4-6-13(20-12)18(25)23-10-3-2-7-15(23)14-11-24-17(21-14)9-8-16(19)22-24;1-9(2,3)13-8(12)11-7-4-5-10-6-7;3-2(4,5)1-6/h4-6,8-9,14,16,19H,2-3,7,10-13,23H2,1H3;4-6,8-9,11,15H,2-3,7,10H2,1H3;7,10H,4-6H2,1-3H3,(H,11,12);1H/t16-,19-;15-;7-;/m000./s1. The molecule has 0 saturated carbocycles. The Kier molecular flexibility index (Phi) is 18.2. The van der Waals surface area contributed by atoms with Gasteiger partial charge >= 0.3 is 12.3 Å². The summed E-state index contributed by atoms with van der Waals surface area (Å²) < 4.78 is 39.9. The normalized spacial score (nSPS) is 19.9. The van der Waals surface area contributed by atoms with Crippen LogP contribution in [0.25, 0.3) is 11.3 Å². The number of piperidine rings is 2. The highest BCUT2D eigenvalue weighted by molar-refractivity contribution is 6.29. The topological polar surface area (TPSA) is 223 Å². The van der Waals surface area contributed by atoms with Gasteiger partial charge in [0.15, 0.2) is 11.3 Å². The smallest absolute Gasteiger partial charge is 0.444 e. The minimum Gasteiger partial charge on any atom is -0.444 e. The van der Waals surface area contributed by atoms with E-state index in [0.29, 0.717) is 23.1 Å². The van der Waals surface area contributed by atoms with Crippen LogP contribution in [0.4, 0.5) is 23.8 Å². The summed E-state index contributed by atoms with van der Waals surface area (Å²) in [4.78, 5) is 70.5. The molecule has 3 amide bonds. The largest absolute Gasteiger partial charge is 0.446 e.